The number of hydrogen-bond donors (Lipinski definition) is 0. The molecule has 0 N–H and O–H groups in total. The molecule has 0 aromatic rings. The maximum Gasteiger partial charge on any atom is 0.368 e. The number of rotatable bonds is 0. The first-order valence-corrected chi connectivity index (χ1v) is 1.87. The summed E-state index contributed by atoms with van der Waals surface area (Å²) in [6.45, 7) is 0. The van der Waals surface area contributed by atoms with Crippen molar-refractivity contribution in [2.24, 2.45) is 0 Å². The summed E-state index contributed by atoms with van der Waals surface area (Å²) in [5, 5.41) is 0. The molecule has 0 unspecified atom stereocenters. The van der Waals surface area contributed by atoms with Crippen LogP contribution in [0.4, 0.5) is 17.6 Å². The van der Waals surface area contributed by atoms with Gasteiger partial charge in [-0.3, -0.25) is 4.74 Å². The maximum absolute atomic E-state index is 11.3. The van der Waals surface area contributed by atoms with Crippen LogP contribution in [0, 0.1) is 0 Å². The first-order valence-electron chi connectivity index (χ1n) is 1.87. The molecular weight excluding hydrogens is 128 g/mol. The smallest absolute Gasteiger partial charge is 0.255 e. The van der Waals surface area contributed by atoms with E-state index in [1.807, 2.05) is 0 Å². The molecule has 1 aliphatic heterocycles. The van der Waals surface area contributed by atoms with Gasteiger partial charge in [0.2, 0.25) is 0 Å². The summed E-state index contributed by atoms with van der Waals surface area (Å²) in [5.74, 6) is 0. The number of hydrogen-bond acceptors (Lipinski definition) is 1. The van der Waals surface area contributed by atoms with E-state index >= 15 is 0 Å². The fourth-order valence-corrected chi connectivity index (χ4v) is 0.450. The lowest BCUT2D eigenvalue weighted by molar-refractivity contribution is -0.477. The second kappa shape index (κ2) is 1.15. The van der Waals surface area contributed by atoms with Crippen molar-refractivity contribution in [1.29, 1.82) is 0 Å². The number of alkyl halides is 4. The Bertz CT molecular complexity index is 87.9. The Labute approximate surface area is 42.2 Å². The van der Waals surface area contributed by atoms with Crippen LogP contribution in [0.3, 0.4) is 0 Å². The number of halogens is 4. The van der Waals surface area contributed by atoms with E-state index in [0.29, 0.717) is 0 Å². The third kappa shape index (κ3) is 0.912. The predicted octanol–water partition coefficient (Wildman–Crippen LogP) is 1.59. The zero-order valence-electron chi connectivity index (χ0n) is 3.63. The van der Waals surface area contributed by atoms with Gasteiger partial charge in [-0.2, -0.15) is 17.6 Å². The van der Waals surface area contributed by atoms with E-state index in [1.165, 1.54) is 0 Å². The molecule has 1 aliphatic rings. The van der Waals surface area contributed by atoms with Crippen LogP contribution >= 0.6 is 0 Å². The molecule has 0 aromatic heterocycles. The topological polar surface area (TPSA) is 9.23 Å². The minimum atomic E-state index is -3.59. The van der Waals surface area contributed by atoms with E-state index in [0.717, 1.165) is 0 Å². The Hall–Kier alpha value is -0.320. The van der Waals surface area contributed by atoms with Crippen LogP contribution in [0.2, 0.25) is 0 Å². The molecule has 1 rings (SSSR count). The van der Waals surface area contributed by atoms with Crippen LogP contribution in [-0.2, 0) is 4.74 Å². The van der Waals surface area contributed by atoms with Crippen LogP contribution < -0.4 is 0 Å². The highest BCUT2D eigenvalue weighted by Gasteiger charge is 2.60. The Balaban J connectivity index is 2.42. The second-order valence-corrected chi connectivity index (χ2v) is 1.55. The van der Waals surface area contributed by atoms with Gasteiger partial charge in [0, 0.05) is 0 Å². The zero-order valence-corrected chi connectivity index (χ0v) is 3.63. The second-order valence-electron chi connectivity index (χ2n) is 1.55. The van der Waals surface area contributed by atoms with Gasteiger partial charge in [0.15, 0.2) is 0 Å². The lowest BCUT2D eigenvalue weighted by Gasteiger charge is -2.33. The van der Waals surface area contributed by atoms with Crippen molar-refractivity contribution < 1.29 is 22.3 Å². The number of ether oxygens (including phenoxy) is 1. The first-order chi connectivity index (χ1) is 3.41. The van der Waals surface area contributed by atoms with Crippen LogP contribution in [0.1, 0.15) is 6.42 Å². The fraction of sp³-hybridized carbons (Fsp3) is 1.00. The van der Waals surface area contributed by atoms with Gasteiger partial charge < -0.3 is 0 Å². The fourth-order valence-electron chi connectivity index (χ4n) is 0.450. The van der Waals surface area contributed by atoms with E-state index in [1.54, 1.807) is 0 Å². The molecule has 0 aromatic carbocycles. The molecule has 8 heavy (non-hydrogen) atoms. The highest BCUT2D eigenvalue weighted by molar-refractivity contribution is 4.73. The SMILES string of the molecule is FC1(F)CC(F)(F)O1. The van der Waals surface area contributed by atoms with Gasteiger partial charge in [-0.15, -0.1) is 0 Å². The third-order valence-electron chi connectivity index (χ3n) is 0.710. The van der Waals surface area contributed by atoms with Crippen LogP contribution in [0.5, 0.6) is 0 Å². The van der Waals surface area contributed by atoms with Gasteiger partial charge in [0.25, 0.3) is 0 Å². The summed E-state index contributed by atoms with van der Waals surface area (Å²) < 4.78 is 48.2. The van der Waals surface area contributed by atoms with Crippen molar-refractivity contribution in [3.8, 4) is 0 Å². The monoisotopic (exact) mass is 130 g/mol. The highest BCUT2D eigenvalue weighted by Crippen LogP contribution is 2.45. The quantitative estimate of drug-likeness (QED) is 0.452. The van der Waals surface area contributed by atoms with Crippen LogP contribution in [0.15, 0.2) is 0 Å². The lowest BCUT2D eigenvalue weighted by atomic mass is 10.3. The Morgan fingerprint density at radius 2 is 1.25 bits per heavy atom. The van der Waals surface area contributed by atoms with E-state index in [4.69, 9.17) is 0 Å². The van der Waals surface area contributed by atoms with E-state index < -0.39 is 18.6 Å². The molecule has 5 heteroatoms. The summed E-state index contributed by atoms with van der Waals surface area (Å²) in [4.78, 5) is 0. The molecular formula is C3H2F4O. The van der Waals surface area contributed by atoms with E-state index in [2.05, 4.69) is 4.74 Å². The van der Waals surface area contributed by atoms with Gasteiger partial charge in [-0.1, -0.05) is 0 Å². The minimum absolute atomic E-state index is 1.49. The van der Waals surface area contributed by atoms with Crippen molar-refractivity contribution in [2.75, 3.05) is 0 Å². The van der Waals surface area contributed by atoms with Crippen molar-refractivity contribution in [2.45, 2.75) is 18.6 Å². The molecule has 1 nitrogen and oxygen atoms in total. The van der Waals surface area contributed by atoms with Crippen molar-refractivity contribution in [3.05, 3.63) is 0 Å². The Morgan fingerprint density at radius 3 is 1.25 bits per heavy atom. The summed E-state index contributed by atoms with van der Waals surface area (Å²) in [6.07, 6.45) is -8.67. The molecule has 1 fully saturated rings. The normalized spacial score (nSPS) is 31.5. The summed E-state index contributed by atoms with van der Waals surface area (Å²) >= 11 is 0. The van der Waals surface area contributed by atoms with Gasteiger partial charge in [0.05, 0.1) is 0 Å². The largest absolute Gasteiger partial charge is 0.368 e. The highest BCUT2D eigenvalue weighted by atomic mass is 19.3. The Morgan fingerprint density at radius 1 is 1.00 bits per heavy atom. The van der Waals surface area contributed by atoms with E-state index in [-0.39, 0.29) is 0 Å². The van der Waals surface area contributed by atoms with E-state index in [9.17, 15) is 17.6 Å². The van der Waals surface area contributed by atoms with Crippen molar-refractivity contribution >= 4 is 0 Å². The van der Waals surface area contributed by atoms with Crippen LogP contribution in [-0.4, -0.2) is 12.2 Å². The standard InChI is InChI=1S/C3H2F4O/c4-2(5)1-3(6,7)8-2/h1H2. The predicted molar refractivity (Wildman–Crippen MR) is 15.6 cm³/mol. The van der Waals surface area contributed by atoms with Crippen molar-refractivity contribution in [3.63, 3.8) is 0 Å². The molecule has 0 radical (unpaired) electrons. The summed E-state index contributed by atoms with van der Waals surface area (Å²) in [7, 11) is 0. The molecule has 0 atom stereocenters. The van der Waals surface area contributed by atoms with Gasteiger partial charge >= 0.3 is 12.2 Å². The zero-order chi connectivity index (χ0) is 6.41. The third-order valence-corrected chi connectivity index (χ3v) is 0.710. The molecule has 1 heterocycles. The Kier molecular flexibility index (Phi) is 0.836. The molecule has 48 valence electrons. The molecule has 1 saturated heterocycles. The van der Waals surface area contributed by atoms with Crippen LogP contribution in [0.25, 0.3) is 0 Å². The maximum atomic E-state index is 11.3. The lowest BCUT2D eigenvalue weighted by Crippen LogP contribution is -2.48. The van der Waals surface area contributed by atoms with Crippen molar-refractivity contribution in [1.82, 2.24) is 0 Å². The molecule has 0 saturated carbocycles. The average molecular weight is 130 g/mol. The minimum Gasteiger partial charge on any atom is -0.255 e. The first kappa shape index (κ1) is 5.81. The average Bonchev–Trinajstić information content (AvgIpc) is 1.20. The molecule has 0 spiro atoms. The summed E-state index contributed by atoms with van der Waals surface area (Å²) in [6, 6.07) is 0. The van der Waals surface area contributed by atoms with Gasteiger partial charge in [-0.05, 0) is 0 Å². The van der Waals surface area contributed by atoms with Gasteiger partial charge in [-0.25, -0.2) is 0 Å². The van der Waals surface area contributed by atoms with Gasteiger partial charge in [0.1, 0.15) is 6.42 Å². The molecule has 0 aliphatic carbocycles. The molecule has 0 bridgehead atoms. The summed E-state index contributed by atoms with van der Waals surface area (Å²) in [5.41, 5.74) is 0. The molecule has 0 amide bonds.